The molecule has 4 rings (SSSR count). The standard InChI is InChI=1S/C28H36O14/c1-36-16-5-12(6-17(37-2)22(16)32)21(31)15-11-40-26(14(15)9-29)13-7-18(38-3)27(19(8-13)39-4)42-28-25(35)24(34)23(33)20(10-30)41-28/h5-8,14-15,20,23-26,28-30,32-35H,9-11H2,1-4H3/t14-,15-,20-,23+,24-,25+,26-,28+/m0/s1. The van der Waals surface area contributed by atoms with Crippen LogP contribution >= 0.6 is 0 Å². The molecule has 0 aromatic heterocycles. The Balaban J connectivity index is 1.63. The van der Waals surface area contributed by atoms with Gasteiger partial charge >= 0.3 is 0 Å². The number of carbonyl (C=O) groups excluding carboxylic acids is 1. The van der Waals surface area contributed by atoms with Gasteiger partial charge in [0.15, 0.2) is 28.8 Å². The maximum absolute atomic E-state index is 13.5. The molecule has 42 heavy (non-hydrogen) atoms. The average Bonchev–Trinajstić information content (AvgIpc) is 3.45. The fourth-order valence-electron chi connectivity index (χ4n) is 5.21. The summed E-state index contributed by atoms with van der Waals surface area (Å²) in [5.41, 5.74) is 0.688. The monoisotopic (exact) mass is 596 g/mol. The molecule has 14 nitrogen and oxygen atoms in total. The summed E-state index contributed by atoms with van der Waals surface area (Å²) >= 11 is 0. The molecule has 2 saturated heterocycles. The summed E-state index contributed by atoms with van der Waals surface area (Å²) in [6.45, 7) is -1.06. The smallest absolute Gasteiger partial charge is 0.229 e. The summed E-state index contributed by atoms with van der Waals surface area (Å²) < 4.78 is 38.6. The van der Waals surface area contributed by atoms with Crippen molar-refractivity contribution < 1.29 is 68.6 Å². The Labute approximate surface area is 241 Å². The van der Waals surface area contributed by atoms with Crippen LogP contribution in [0.5, 0.6) is 34.5 Å². The molecule has 6 N–H and O–H groups in total. The van der Waals surface area contributed by atoms with E-state index in [2.05, 4.69) is 0 Å². The predicted octanol–water partition coefficient (Wildman–Crippen LogP) is -0.216. The Kier molecular flexibility index (Phi) is 9.99. The molecule has 8 atom stereocenters. The number of ether oxygens (including phenoxy) is 7. The van der Waals surface area contributed by atoms with Gasteiger partial charge in [0.25, 0.3) is 0 Å². The van der Waals surface area contributed by atoms with E-state index in [0.29, 0.717) is 5.56 Å². The third-order valence-corrected chi connectivity index (χ3v) is 7.57. The first kappa shape index (κ1) is 31.6. The topological polar surface area (TPSA) is 203 Å². The van der Waals surface area contributed by atoms with Crippen molar-refractivity contribution in [3.05, 3.63) is 35.4 Å². The van der Waals surface area contributed by atoms with Gasteiger partial charge in [-0.3, -0.25) is 4.79 Å². The van der Waals surface area contributed by atoms with Crippen molar-refractivity contribution in [2.45, 2.75) is 36.8 Å². The predicted molar refractivity (Wildman–Crippen MR) is 142 cm³/mol. The van der Waals surface area contributed by atoms with Gasteiger partial charge in [-0.2, -0.15) is 0 Å². The summed E-state index contributed by atoms with van der Waals surface area (Å²) in [6.07, 6.45) is -8.34. The average molecular weight is 597 g/mol. The molecule has 14 heteroatoms. The summed E-state index contributed by atoms with van der Waals surface area (Å²) in [7, 11) is 5.41. The van der Waals surface area contributed by atoms with Crippen molar-refractivity contribution in [2.75, 3.05) is 48.3 Å². The zero-order valence-corrected chi connectivity index (χ0v) is 23.5. The van der Waals surface area contributed by atoms with Crippen molar-refractivity contribution in [3.63, 3.8) is 0 Å². The minimum absolute atomic E-state index is 0.0115. The molecule has 2 heterocycles. The number of hydrogen-bond donors (Lipinski definition) is 6. The Morgan fingerprint density at radius 3 is 1.90 bits per heavy atom. The van der Waals surface area contributed by atoms with Gasteiger partial charge in [0.05, 0.1) is 53.7 Å². The van der Waals surface area contributed by atoms with E-state index in [1.54, 1.807) is 12.1 Å². The number of carbonyl (C=O) groups is 1. The summed E-state index contributed by atoms with van der Waals surface area (Å²) in [6, 6.07) is 5.88. The number of rotatable bonds is 11. The highest BCUT2D eigenvalue weighted by molar-refractivity contribution is 5.99. The van der Waals surface area contributed by atoms with Gasteiger partial charge in [0, 0.05) is 18.1 Å². The number of Topliss-reactive ketones (excluding diaryl/α,β-unsaturated/α-hetero) is 1. The second kappa shape index (κ2) is 13.3. The Bertz CT molecular complexity index is 1200. The third-order valence-electron chi connectivity index (χ3n) is 7.57. The number of hydrogen-bond acceptors (Lipinski definition) is 14. The van der Waals surface area contributed by atoms with Crippen molar-refractivity contribution in [3.8, 4) is 34.5 Å². The number of benzene rings is 2. The van der Waals surface area contributed by atoms with Crippen LogP contribution in [0.1, 0.15) is 22.0 Å². The quantitative estimate of drug-likeness (QED) is 0.186. The van der Waals surface area contributed by atoms with Crippen LogP contribution in [0.3, 0.4) is 0 Å². The second-order valence-electron chi connectivity index (χ2n) is 9.87. The number of aliphatic hydroxyl groups excluding tert-OH is 5. The fourth-order valence-corrected chi connectivity index (χ4v) is 5.21. The van der Waals surface area contributed by atoms with Gasteiger partial charge in [-0.1, -0.05) is 0 Å². The van der Waals surface area contributed by atoms with E-state index in [-0.39, 0.29) is 52.5 Å². The van der Waals surface area contributed by atoms with Crippen LogP contribution < -0.4 is 23.7 Å². The molecule has 0 saturated carbocycles. The number of phenolic OH excluding ortho intramolecular Hbond substituents is 1. The lowest BCUT2D eigenvalue weighted by Gasteiger charge is -2.39. The highest BCUT2D eigenvalue weighted by Gasteiger charge is 2.46. The van der Waals surface area contributed by atoms with Gasteiger partial charge in [0.1, 0.15) is 24.4 Å². The van der Waals surface area contributed by atoms with Crippen LogP contribution in [0.25, 0.3) is 0 Å². The highest BCUT2D eigenvalue weighted by atomic mass is 16.7. The Hall–Kier alpha value is -3.37. The first-order valence-corrected chi connectivity index (χ1v) is 13.1. The number of aromatic hydroxyl groups is 1. The number of phenols is 1. The molecule has 0 aliphatic carbocycles. The Morgan fingerprint density at radius 1 is 0.833 bits per heavy atom. The van der Waals surface area contributed by atoms with E-state index in [4.69, 9.17) is 33.2 Å². The van der Waals surface area contributed by atoms with Crippen LogP contribution in [0.4, 0.5) is 0 Å². The number of ketones is 1. The van der Waals surface area contributed by atoms with Crippen LogP contribution in [0.15, 0.2) is 24.3 Å². The molecule has 0 unspecified atom stereocenters. The molecular weight excluding hydrogens is 560 g/mol. The normalized spacial score (nSPS) is 29.2. The van der Waals surface area contributed by atoms with Crippen LogP contribution in [0, 0.1) is 11.8 Å². The van der Waals surface area contributed by atoms with Crippen LogP contribution in [-0.2, 0) is 9.47 Å². The maximum atomic E-state index is 13.5. The SMILES string of the molecule is COc1cc(C(=O)[C@H]2CO[C@@H](c3cc(OC)c(O[C@H]4O[C@@H](CO)[C@@H](O)[C@H](O)[C@H]4O)c(OC)c3)[C@H]2CO)cc(OC)c1O. The largest absolute Gasteiger partial charge is 0.502 e. The lowest BCUT2D eigenvalue weighted by atomic mass is 9.83. The minimum Gasteiger partial charge on any atom is -0.502 e. The van der Waals surface area contributed by atoms with E-state index in [1.807, 2.05) is 0 Å². The number of methoxy groups -OCH3 is 4. The van der Waals surface area contributed by atoms with E-state index in [9.17, 15) is 35.4 Å². The molecule has 2 aromatic carbocycles. The molecule has 2 aliphatic heterocycles. The van der Waals surface area contributed by atoms with E-state index >= 15 is 0 Å². The number of aliphatic hydroxyl groups is 5. The van der Waals surface area contributed by atoms with Gasteiger partial charge in [-0.05, 0) is 29.8 Å². The molecule has 2 fully saturated rings. The van der Waals surface area contributed by atoms with Gasteiger partial charge in [-0.25, -0.2) is 0 Å². The first-order valence-electron chi connectivity index (χ1n) is 13.1. The van der Waals surface area contributed by atoms with Crippen molar-refractivity contribution in [1.29, 1.82) is 0 Å². The van der Waals surface area contributed by atoms with E-state index in [0.717, 1.165) is 0 Å². The summed E-state index contributed by atoms with van der Waals surface area (Å²) in [5.74, 6) is -1.72. The van der Waals surface area contributed by atoms with Gasteiger partial charge < -0.3 is 63.8 Å². The summed E-state index contributed by atoms with van der Waals surface area (Å²) in [4.78, 5) is 13.5. The van der Waals surface area contributed by atoms with Crippen LogP contribution in [0.2, 0.25) is 0 Å². The van der Waals surface area contributed by atoms with Gasteiger partial charge in [0.2, 0.25) is 17.8 Å². The molecule has 2 aromatic rings. The zero-order valence-electron chi connectivity index (χ0n) is 23.5. The van der Waals surface area contributed by atoms with Crippen LogP contribution in [-0.4, -0.2) is 115 Å². The zero-order chi connectivity index (χ0) is 30.7. The Morgan fingerprint density at radius 2 is 1.40 bits per heavy atom. The molecule has 0 bridgehead atoms. The first-order chi connectivity index (χ1) is 20.1. The minimum atomic E-state index is -1.67. The lowest BCUT2D eigenvalue weighted by molar-refractivity contribution is -0.277. The van der Waals surface area contributed by atoms with Crippen molar-refractivity contribution in [2.24, 2.45) is 11.8 Å². The second-order valence-corrected chi connectivity index (χ2v) is 9.87. The highest BCUT2D eigenvalue weighted by Crippen LogP contribution is 2.47. The molecular formula is C28H36O14. The molecule has 2 aliphatic rings. The molecule has 0 spiro atoms. The van der Waals surface area contributed by atoms with Crippen molar-refractivity contribution >= 4 is 5.78 Å². The summed E-state index contributed by atoms with van der Waals surface area (Å²) in [5, 5.41) is 60.7. The molecule has 232 valence electrons. The van der Waals surface area contributed by atoms with Gasteiger partial charge in [-0.15, -0.1) is 0 Å². The molecule has 0 radical (unpaired) electrons. The maximum Gasteiger partial charge on any atom is 0.229 e. The fraction of sp³-hybridized carbons (Fsp3) is 0.536. The third kappa shape index (κ3) is 5.79. The van der Waals surface area contributed by atoms with E-state index < -0.39 is 61.9 Å². The van der Waals surface area contributed by atoms with E-state index in [1.165, 1.54) is 40.6 Å². The van der Waals surface area contributed by atoms with Crippen molar-refractivity contribution in [1.82, 2.24) is 0 Å². The lowest BCUT2D eigenvalue weighted by Crippen LogP contribution is -2.60. The molecule has 0 amide bonds.